The van der Waals surface area contributed by atoms with Crippen LogP contribution in [-0.4, -0.2) is 91.7 Å². The third-order valence-electron chi connectivity index (χ3n) is 10.9. The molecule has 2 aromatic heterocycles. The van der Waals surface area contributed by atoms with E-state index >= 15 is 13.2 Å². The lowest BCUT2D eigenvalue weighted by molar-refractivity contribution is -0.0818. The Morgan fingerprint density at radius 3 is 2.28 bits per heavy atom. The summed E-state index contributed by atoms with van der Waals surface area (Å²) in [7, 11) is -3.21. The second-order valence-electron chi connectivity index (χ2n) is 15.6. The lowest BCUT2D eigenvalue weighted by Gasteiger charge is -2.45. The van der Waals surface area contributed by atoms with Crippen LogP contribution in [0.1, 0.15) is 56.3 Å². The molecule has 0 aliphatic carbocycles. The van der Waals surface area contributed by atoms with Gasteiger partial charge in [0.1, 0.15) is 6.17 Å². The van der Waals surface area contributed by atoms with Gasteiger partial charge in [0.25, 0.3) is 14.2 Å². The van der Waals surface area contributed by atoms with Gasteiger partial charge in [-0.2, -0.15) is 0 Å². The minimum Gasteiger partial charge on any atom is -0.401 e. The van der Waals surface area contributed by atoms with E-state index in [1.807, 2.05) is 95.6 Å². The SMILES string of the molecule is C[C@@H]1Cc2c([nH]c3ccccc23)[C@@H](c2cnc(N[C@H]3CN(CCCF)C[C@@H]3F)s2)N1CC(F)(F)CO[Si](c1ccccc1)(c1ccccc1)C(C)(C)C. The van der Waals surface area contributed by atoms with Crippen molar-refractivity contribution in [1.82, 2.24) is 19.8 Å². The summed E-state index contributed by atoms with van der Waals surface area (Å²) in [4.78, 5) is 12.8. The fourth-order valence-electron chi connectivity index (χ4n) is 8.43. The van der Waals surface area contributed by atoms with Crippen LogP contribution in [0.2, 0.25) is 5.04 Å². The van der Waals surface area contributed by atoms with Gasteiger partial charge in [-0.1, -0.05) is 99.6 Å². The first-order chi connectivity index (χ1) is 25.4. The van der Waals surface area contributed by atoms with Crippen molar-refractivity contribution in [3.63, 3.8) is 0 Å². The number of H-pyrrole nitrogens is 1. The maximum Gasteiger partial charge on any atom is 0.282 e. The molecule has 6 nitrogen and oxygen atoms in total. The van der Waals surface area contributed by atoms with E-state index in [0.29, 0.717) is 31.1 Å². The van der Waals surface area contributed by atoms with Gasteiger partial charge >= 0.3 is 0 Å². The standard InChI is InChI=1S/C41H49F4N5OSSi/c1-28-22-32-31-18-11-12-19-34(31)47-37(32)38(36-23-46-39(52-36)48-35-25-49(21-13-20-42)24-33(35)43)50(28)26-41(44,45)27-51-53(40(2,3)4,29-14-7-5-8-15-29)30-16-9-6-10-17-30/h5-12,14-19,23,28,33,35,38,47H,13,20-22,24-27H2,1-4H3,(H,46,48)/t28-,33+,35+,38-/m1/s1. The lowest BCUT2D eigenvalue weighted by Crippen LogP contribution is -2.67. The quantitative estimate of drug-likeness (QED) is 0.0942. The fourth-order valence-corrected chi connectivity index (χ4v) is 14.0. The third kappa shape index (κ3) is 7.58. The fraction of sp³-hybridized carbons (Fsp3) is 0.439. The molecule has 4 atom stereocenters. The van der Waals surface area contributed by atoms with E-state index in [4.69, 9.17) is 4.43 Å². The summed E-state index contributed by atoms with van der Waals surface area (Å²) in [5, 5.41) is 6.36. The Balaban J connectivity index is 1.20. The first-order valence-corrected chi connectivity index (χ1v) is 21.3. The van der Waals surface area contributed by atoms with Crippen LogP contribution in [0.5, 0.6) is 0 Å². The Hall–Kier alpha value is -3.55. The number of anilines is 1. The van der Waals surface area contributed by atoms with Crippen molar-refractivity contribution < 1.29 is 22.0 Å². The predicted molar refractivity (Wildman–Crippen MR) is 210 cm³/mol. The second kappa shape index (κ2) is 15.3. The first-order valence-electron chi connectivity index (χ1n) is 18.5. The number of fused-ring (bicyclic) bond motifs is 3. The Bertz CT molecular complexity index is 1930. The molecule has 4 heterocycles. The number of likely N-dealkylation sites (tertiary alicyclic amines) is 1. The van der Waals surface area contributed by atoms with Crippen LogP contribution in [-0.2, 0) is 10.8 Å². The Labute approximate surface area is 314 Å². The van der Waals surface area contributed by atoms with Gasteiger partial charge in [0.05, 0.1) is 31.9 Å². The van der Waals surface area contributed by atoms with Gasteiger partial charge in [0.15, 0.2) is 5.13 Å². The largest absolute Gasteiger partial charge is 0.401 e. The molecule has 0 unspecified atom stereocenters. The minimum atomic E-state index is -3.21. The number of thiazole rings is 1. The molecular weight excluding hydrogens is 715 g/mol. The Morgan fingerprint density at radius 2 is 1.62 bits per heavy atom. The zero-order valence-corrected chi connectivity index (χ0v) is 32.6. The average Bonchev–Trinajstić information content (AvgIpc) is 3.85. The summed E-state index contributed by atoms with van der Waals surface area (Å²) in [6, 6.07) is 26.5. The van der Waals surface area contributed by atoms with Crippen molar-refractivity contribution >= 4 is 46.1 Å². The summed E-state index contributed by atoms with van der Waals surface area (Å²) >= 11 is 1.37. The van der Waals surface area contributed by atoms with Crippen molar-refractivity contribution in [1.29, 1.82) is 0 Å². The molecule has 5 aromatic rings. The number of hydrogen-bond donors (Lipinski definition) is 2. The van der Waals surface area contributed by atoms with Crippen LogP contribution < -0.4 is 15.7 Å². The minimum absolute atomic E-state index is 0.224. The van der Waals surface area contributed by atoms with Gasteiger partial charge in [-0.15, -0.1) is 11.3 Å². The van der Waals surface area contributed by atoms with E-state index in [-0.39, 0.29) is 12.6 Å². The Morgan fingerprint density at radius 1 is 0.962 bits per heavy atom. The summed E-state index contributed by atoms with van der Waals surface area (Å²) in [5.74, 6) is -3.21. The summed E-state index contributed by atoms with van der Waals surface area (Å²) in [6.07, 6.45) is 1.59. The third-order valence-corrected chi connectivity index (χ3v) is 16.8. The van der Waals surface area contributed by atoms with Crippen LogP contribution in [0, 0.1) is 0 Å². The van der Waals surface area contributed by atoms with Gasteiger partial charge in [0, 0.05) is 53.3 Å². The van der Waals surface area contributed by atoms with Crippen molar-refractivity contribution in [2.24, 2.45) is 0 Å². The number of rotatable bonds is 13. The van der Waals surface area contributed by atoms with Crippen LogP contribution in [0.15, 0.2) is 91.1 Å². The normalized spacial score (nSPS) is 21.7. The lowest BCUT2D eigenvalue weighted by atomic mass is 9.91. The maximum absolute atomic E-state index is 16.8. The molecule has 7 rings (SSSR count). The van der Waals surface area contributed by atoms with E-state index in [1.165, 1.54) is 11.3 Å². The molecular formula is C41H49F4N5OSSi. The molecule has 0 amide bonds. The highest BCUT2D eigenvalue weighted by atomic mass is 32.1. The van der Waals surface area contributed by atoms with Crippen LogP contribution in [0.25, 0.3) is 10.9 Å². The average molecular weight is 764 g/mol. The summed E-state index contributed by atoms with van der Waals surface area (Å²) in [5.41, 5.74) is 2.96. The number of nitrogens with one attached hydrogen (secondary N) is 2. The van der Waals surface area contributed by atoms with Crippen LogP contribution in [0.3, 0.4) is 0 Å². The molecule has 12 heteroatoms. The van der Waals surface area contributed by atoms with Gasteiger partial charge in [0.2, 0.25) is 0 Å². The van der Waals surface area contributed by atoms with E-state index in [1.54, 1.807) is 6.20 Å². The molecule has 2 aliphatic rings. The molecule has 0 radical (unpaired) electrons. The number of nitrogens with zero attached hydrogens (tertiary/aromatic N) is 3. The van der Waals surface area contributed by atoms with E-state index in [0.717, 1.165) is 37.4 Å². The molecule has 2 aliphatic heterocycles. The van der Waals surface area contributed by atoms with Crippen molar-refractivity contribution in [3.8, 4) is 0 Å². The molecule has 1 fully saturated rings. The van der Waals surface area contributed by atoms with Crippen LogP contribution in [0.4, 0.5) is 22.7 Å². The molecule has 2 N–H and O–H groups in total. The number of hydrogen-bond acceptors (Lipinski definition) is 6. The number of halogens is 4. The van der Waals surface area contributed by atoms with E-state index < -0.39 is 57.4 Å². The number of aromatic nitrogens is 2. The van der Waals surface area contributed by atoms with Crippen molar-refractivity contribution in [3.05, 3.63) is 107 Å². The highest BCUT2D eigenvalue weighted by molar-refractivity contribution is 7.15. The topological polar surface area (TPSA) is 56.4 Å². The monoisotopic (exact) mass is 763 g/mol. The molecule has 0 spiro atoms. The molecule has 1 saturated heterocycles. The second-order valence-corrected chi connectivity index (χ2v) is 21.0. The van der Waals surface area contributed by atoms with E-state index in [2.05, 4.69) is 42.1 Å². The summed E-state index contributed by atoms with van der Waals surface area (Å²) < 4.78 is 68.2. The predicted octanol–water partition coefficient (Wildman–Crippen LogP) is 7.97. The molecule has 0 saturated carbocycles. The van der Waals surface area contributed by atoms with Gasteiger partial charge in [-0.3, -0.25) is 14.2 Å². The number of aromatic amines is 1. The number of para-hydroxylation sites is 1. The van der Waals surface area contributed by atoms with Crippen LogP contribution >= 0.6 is 11.3 Å². The van der Waals surface area contributed by atoms with Crippen molar-refractivity contribution in [2.75, 3.05) is 44.8 Å². The van der Waals surface area contributed by atoms with E-state index in [9.17, 15) is 4.39 Å². The highest BCUT2D eigenvalue weighted by Crippen LogP contribution is 2.45. The number of benzene rings is 3. The summed E-state index contributed by atoms with van der Waals surface area (Å²) in [6.45, 7) is 7.79. The van der Waals surface area contributed by atoms with Gasteiger partial charge < -0.3 is 14.7 Å². The molecule has 0 bridgehead atoms. The molecule has 53 heavy (non-hydrogen) atoms. The first kappa shape index (κ1) is 37.7. The zero-order chi connectivity index (χ0) is 37.4. The highest BCUT2D eigenvalue weighted by Gasteiger charge is 2.52. The smallest absolute Gasteiger partial charge is 0.282 e. The Kier molecular flexibility index (Phi) is 10.9. The van der Waals surface area contributed by atoms with Gasteiger partial charge in [-0.05, 0) is 46.8 Å². The maximum atomic E-state index is 16.8. The number of alkyl halides is 4. The zero-order valence-electron chi connectivity index (χ0n) is 30.8. The van der Waals surface area contributed by atoms with Gasteiger partial charge in [-0.25, -0.2) is 18.2 Å². The molecule has 282 valence electrons. The van der Waals surface area contributed by atoms with Crippen molar-refractivity contribution in [2.45, 2.75) is 75.8 Å². The molecule has 3 aromatic carbocycles.